The summed E-state index contributed by atoms with van der Waals surface area (Å²) in [6.07, 6.45) is 7.53. The van der Waals surface area contributed by atoms with Crippen molar-refractivity contribution in [3.63, 3.8) is 0 Å². The molecule has 1 fully saturated rings. The smallest absolute Gasteiger partial charge is 0.0587 e. The molecule has 0 radical (unpaired) electrons. The first-order chi connectivity index (χ1) is 9.88. The van der Waals surface area contributed by atoms with E-state index in [2.05, 4.69) is 27.3 Å². The summed E-state index contributed by atoms with van der Waals surface area (Å²) in [4.78, 5) is 6.65. The predicted octanol–water partition coefficient (Wildman–Crippen LogP) is 1.57. The summed E-state index contributed by atoms with van der Waals surface area (Å²) in [5.41, 5.74) is 1.39. The van der Waals surface area contributed by atoms with Gasteiger partial charge in [-0.15, -0.1) is 0 Å². The highest BCUT2D eigenvalue weighted by Crippen LogP contribution is 2.16. The van der Waals surface area contributed by atoms with Crippen molar-refractivity contribution in [1.29, 1.82) is 0 Å². The molecule has 0 aliphatic carbocycles. The Hall–Kier alpha value is -0.970. The molecule has 0 saturated carbocycles. The molecule has 0 atom stereocenters. The highest BCUT2D eigenvalue weighted by molar-refractivity contribution is 5.09. The third-order valence-electron chi connectivity index (χ3n) is 4.09. The number of nitrogens with one attached hydrogen (secondary N) is 1. The zero-order valence-corrected chi connectivity index (χ0v) is 12.6. The molecule has 1 aromatic heterocycles. The van der Waals surface area contributed by atoms with E-state index in [1.165, 1.54) is 38.0 Å². The monoisotopic (exact) mass is 277 g/mol. The van der Waals surface area contributed by atoms with Gasteiger partial charge in [0.1, 0.15) is 0 Å². The van der Waals surface area contributed by atoms with Crippen LogP contribution < -0.4 is 5.32 Å². The number of aromatic nitrogens is 1. The van der Waals surface area contributed by atoms with Gasteiger partial charge in [0.15, 0.2) is 0 Å². The van der Waals surface area contributed by atoms with E-state index in [9.17, 15) is 0 Å². The highest BCUT2D eigenvalue weighted by Gasteiger charge is 2.18. The van der Waals surface area contributed by atoms with E-state index >= 15 is 0 Å². The fourth-order valence-corrected chi connectivity index (χ4v) is 2.73. The minimum atomic E-state index is 0.810. The third kappa shape index (κ3) is 5.57. The van der Waals surface area contributed by atoms with Crippen LogP contribution in [0.4, 0.5) is 0 Å². The number of rotatable bonds is 8. The molecule has 1 aliphatic rings. The molecule has 0 spiro atoms. The average molecular weight is 277 g/mol. The van der Waals surface area contributed by atoms with E-state index in [0.29, 0.717) is 0 Å². The number of likely N-dealkylation sites (tertiary alicyclic amines) is 1. The fraction of sp³-hybridized carbons (Fsp3) is 0.688. The molecular formula is C16H27N3O. The Balaban J connectivity index is 1.57. The second-order valence-corrected chi connectivity index (χ2v) is 5.59. The summed E-state index contributed by atoms with van der Waals surface area (Å²) in [7, 11) is 1.75. The number of nitrogens with zero attached hydrogens (tertiary/aromatic N) is 2. The molecule has 4 heteroatoms. The Kier molecular flexibility index (Phi) is 6.98. The van der Waals surface area contributed by atoms with Crippen molar-refractivity contribution in [2.75, 3.05) is 46.4 Å². The summed E-state index contributed by atoms with van der Waals surface area (Å²) in [5.74, 6) is 0.837. The average Bonchev–Trinajstić information content (AvgIpc) is 2.52. The third-order valence-corrected chi connectivity index (χ3v) is 4.09. The van der Waals surface area contributed by atoms with Crippen LogP contribution in [0.3, 0.4) is 0 Å². The lowest BCUT2D eigenvalue weighted by Crippen LogP contribution is -2.38. The van der Waals surface area contributed by atoms with Crippen molar-refractivity contribution >= 4 is 0 Å². The molecule has 112 valence electrons. The number of methoxy groups -OCH3 is 1. The van der Waals surface area contributed by atoms with Gasteiger partial charge in [-0.25, -0.2) is 0 Å². The molecule has 1 N–H and O–H groups in total. The summed E-state index contributed by atoms with van der Waals surface area (Å²) in [6.45, 7) is 6.57. The lowest BCUT2D eigenvalue weighted by Gasteiger charge is -2.32. The van der Waals surface area contributed by atoms with Gasteiger partial charge in [-0.1, -0.05) is 0 Å². The van der Waals surface area contributed by atoms with Crippen LogP contribution in [0.5, 0.6) is 0 Å². The molecule has 2 heterocycles. The summed E-state index contributed by atoms with van der Waals surface area (Å²) in [6, 6.07) is 4.24. The van der Waals surface area contributed by atoms with Crippen molar-refractivity contribution in [2.24, 2.45) is 5.92 Å². The lowest BCUT2D eigenvalue weighted by atomic mass is 9.96. The maximum absolute atomic E-state index is 5.05. The normalized spacial score (nSPS) is 17.4. The van der Waals surface area contributed by atoms with Gasteiger partial charge in [0, 0.05) is 32.6 Å². The van der Waals surface area contributed by atoms with Crippen LogP contribution in [0.2, 0.25) is 0 Å². The largest absolute Gasteiger partial charge is 0.383 e. The Morgan fingerprint density at radius 3 is 2.75 bits per heavy atom. The van der Waals surface area contributed by atoms with Crippen LogP contribution in [0, 0.1) is 5.92 Å². The first kappa shape index (κ1) is 15.4. The lowest BCUT2D eigenvalue weighted by molar-refractivity contribution is 0.174. The molecular weight excluding hydrogens is 250 g/mol. The molecule has 0 unspecified atom stereocenters. The van der Waals surface area contributed by atoms with Gasteiger partial charge < -0.3 is 15.0 Å². The van der Waals surface area contributed by atoms with E-state index in [1.54, 1.807) is 7.11 Å². The van der Waals surface area contributed by atoms with Gasteiger partial charge >= 0.3 is 0 Å². The quantitative estimate of drug-likeness (QED) is 0.732. The SMILES string of the molecule is COCCNCC1CCN(CCc2ccncc2)CC1. The number of ether oxygens (including phenoxy) is 1. The van der Waals surface area contributed by atoms with Crippen LogP contribution in [0.25, 0.3) is 0 Å². The van der Waals surface area contributed by atoms with E-state index in [-0.39, 0.29) is 0 Å². The van der Waals surface area contributed by atoms with Gasteiger partial charge in [-0.05, 0) is 62.5 Å². The molecule has 0 bridgehead atoms. The van der Waals surface area contributed by atoms with E-state index in [0.717, 1.165) is 32.0 Å². The predicted molar refractivity (Wildman–Crippen MR) is 81.9 cm³/mol. The molecule has 1 aromatic rings. The van der Waals surface area contributed by atoms with Crippen molar-refractivity contribution < 1.29 is 4.74 Å². The zero-order chi connectivity index (χ0) is 14.0. The molecule has 1 saturated heterocycles. The molecule has 1 aliphatic heterocycles. The number of hydrogen-bond donors (Lipinski definition) is 1. The molecule has 4 nitrogen and oxygen atoms in total. The summed E-state index contributed by atoms with van der Waals surface area (Å²) < 4.78 is 5.05. The minimum Gasteiger partial charge on any atom is -0.383 e. The fourth-order valence-electron chi connectivity index (χ4n) is 2.73. The van der Waals surface area contributed by atoms with Crippen molar-refractivity contribution in [3.8, 4) is 0 Å². The van der Waals surface area contributed by atoms with Gasteiger partial charge in [0.2, 0.25) is 0 Å². The number of piperidine rings is 1. The van der Waals surface area contributed by atoms with Crippen LogP contribution in [0.1, 0.15) is 18.4 Å². The van der Waals surface area contributed by atoms with Gasteiger partial charge in [0.05, 0.1) is 6.61 Å². The zero-order valence-electron chi connectivity index (χ0n) is 12.6. The number of pyridine rings is 1. The van der Waals surface area contributed by atoms with E-state index in [1.807, 2.05) is 12.4 Å². The van der Waals surface area contributed by atoms with Crippen molar-refractivity contribution in [1.82, 2.24) is 15.2 Å². The van der Waals surface area contributed by atoms with Crippen LogP contribution in [0.15, 0.2) is 24.5 Å². The highest BCUT2D eigenvalue weighted by atomic mass is 16.5. The van der Waals surface area contributed by atoms with E-state index < -0.39 is 0 Å². The summed E-state index contributed by atoms with van der Waals surface area (Å²) >= 11 is 0. The molecule has 20 heavy (non-hydrogen) atoms. The Morgan fingerprint density at radius 1 is 1.30 bits per heavy atom. The van der Waals surface area contributed by atoms with Crippen LogP contribution in [-0.2, 0) is 11.2 Å². The van der Waals surface area contributed by atoms with Crippen molar-refractivity contribution in [2.45, 2.75) is 19.3 Å². The van der Waals surface area contributed by atoms with Crippen LogP contribution in [-0.4, -0.2) is 56.3 Å². The molecule has 0 amide bonds. The Bertz CT molecular complexity index is 350. The standard InChI is InChI=1S/C16H27N3O/c1-20-13-9-18-14-16-5-11-19(12-6-16)10-4-15-2-7-17-8-3-15/h2-3,7-8,16,18H,4-6,9-14H2,1H3. The molecule has 0 aromatic carbocycles. The van der Waals surface area contributed by atoms with Gasteiger partial charge in [-0.3, -0.25) is 4.98 Å². The van der Waals surface area contributed by atoms with Gasteiger partial charge in [-0.2, -0.15) is 0 Å². The first-order valence-electron chi connectivity index (χ1n) is 7.69. The second kappa shape index (κ2) is 9.06. The number of hydrogen-bond acceptors (Lipinski definition) is 4. The van der Waals surface area contributed by atoms with Crippen LogP contribution >= 0.6 is 0 Å². The Morgan fingerprint density at radius 2 is 2.05 bits per heavy atom. The minimum absolute atomic E-state index is 0.810. The maximum Gasteiger partial charge on any atom is 0.0587 e. The van der Waals surface area contributed by atoms with Gasteiger partial charge in [0.25, 0.3) is 0 Å². The van der Waals surface area contributed by atoms with E-state index in [4.69, 9.17) is 4.74 Å². The van der Waals surface area contributed by atoms with Crippen molar-refractivity contribution in [3.05, 3.63) is 30.1 Å². The molecule has 2 rings (SSSR count). The second-order valence-electron chi connectivity index (χ2n) is 5.59. The maximum atomic E-state index is 5.05. The summed E-state index contributed by atoms with van der Waals surface area (Å²) in [5, 5.41) is 3.48. The topological polar surface area (TPSA) is 37.4 Å². The first-order valence-corrected chi connectivity index (χ1v) is 7.69. The Labute approximate surface area is 122 Å².